The topological polar surface area (TPSA) is 44.5 Å². The molecule has 2 rings (SSSR count). The van der Waals surface area contributed by atoms with Crippen LogP contribution in [-0.4, -0.2) is 7.11 Å². The first-order valence-electron chi connectivity index (χ1n) is 6.07. The summed E-state index contributed by atoms with van der Waals surface area (Å²) >= 11 is 5.89. The molecule has 0 saturated carbocycles. The van der Waals surface area contributed by atoms with Crippen LogP contribution < -0.4 is 15.2 Å². The third kappa shape index (κ3) is 3.40. The lowest BCUT2D eigenvalue weighted by molar-refractivity contribution is 0.296. The van der Waals surface area contributed by atoms with E-state index in [9.17, 15) is 4.39 Å². The number of hydrogen-bond acceptors (Lipinski definition) is 3. The van der Waals surface area contributed by atoms with E-state index in [1.165, 1.54) is 13.2 Å². The lowest BCUT2D eigenvalue weighted by Crippen LogP contribution is -2.04. The van der Waals surface area contributed by atoms with E-state index in [2.05, 4.69) is 0 Å². The van der Waals surface area contributed by atoms with Gasteiger partial charge in [0.2, 0.25) is 0 Å². The molecule has 2 aromatic carbocycles. The molecule has 20 heavy (non-hydrogen) atoms. The summed E-state index contributed by atoms with van der Waals surface area (Å²) in [5.41, 5.74) is 6.86. The zero-order valence-electron chi connectivity index (χ0n) is 11.0. The average molecular weight is 296 g/mol. The molecule has 0 aliphatic heterocycles. The Morgan fingerprint density at radius 2 is 1.95 bits per heavy atom. The standard InChI is InChI=1S/C15H15ClFNO2/c1-19-13-4-2-10(14(17)7-13)9-20-15-5-3-12(16)6-11(15)8-18/h2-7H,8-9,18H2,1H3. The van der Waals surface area contributed by atoms with Crippen LogP contribution in [0.25, 0.3) is 0 Å². The normalized spacial score (nSPS) is 10.4. The summed E-state index contributed by atoms with van der Waals surface area (Å²) in [6.07, 6.45) is 0. The molecule has 106 valence electrons. The van der Waals surface area contributed by atoms with Crippen LogP contribution in [0.5, 0.6) is 11.5 Å². The average Bonchev–Trinajstić information content (AvgIpc) is 2.46. The first-order chi connectivity index (χ1) is 9.63. The minimum Gasteiger partial charge on any atom is -0.497 e. The van der Waals surface area contributed by atoms with Crippen molar-refractivity contribution in [3.05, 3.63) is 58.4 Å². The molecule has 0 atom stereocenters. The summed E-state index contributed by atoms with van der Waals surface area (Å²) < 4.78 is 24.3. The van der Waals surface area contributed by atoms with Gasteiger partial charge in [-0.3, -0.25) is 0 Å². The zero-order chi connectivity index (χ0) is 14.5. The van der Waals surface area contributed by atoms with Crippen molar-refractivity contribution in [2.75, 3.05) is 7.11 Å². The van der Waals surface area contributed by atoms with Gasteiger partial charge in [0.25, 0.3) is 0 Å². The summed E-state index contributed by atoms with van der Waals surface area (Å²) in [6.45, 7) is 0.422. The van der Waals surface area contributed by atoms with Crippen molar-refractivity contribution in [1.29, 1.82) is 0 Å². The first-order valence-corrected chi connectivity index (χ1v) is 6.45. The summed E-state index contributed by atoms with van der Waals surface area (Å²) in [5, 5.41) is 0.591. The van der Waals surface area contributed by atoms with Gasteiger partial charge in [0.15, 0.2) is 0 Å². The quantitative estimate of drug-likeness (QED) is 0.918. The molecular weight excluding hydrogens is 281 g/mol. The highest BCUT2D eigenvalue weighted by Crippen LogP contribution is 2.24. The highest BCUT2D eigenvalue weighted by atomic mass is 35.5. The van der Waals surface area contributed by atoms with E-state index in [0.29, 0.717) is 28.6 Å². The van der Waals surface area contributed by atoms with Crippen LogP contribution in [0.2, 0.25) is 5.02 Å². The van der Waals surface area contributed by atoms with Gasteiger partial charge < -0.3 is 15.2 Å². The molecule has 0 fully saturated rings. The monoisotopic (exact) mass is 295 g/mol. The molecule has 2 aromatic rings. The maximum atomic E-state index is 13.8. The minimum atomic E-state index is -0.368. The Kier molecular flexibility index (Phi) is 4.82. The fourth-order valence-corrected chi connectivity index (χ4v) is 1.97. The molecule has 0 aliphatic rings. The first kappa shape index (κ1) is 14.6. The molecular formula is C15H15ClFNO2. The minimum absolute atomic E-state index is 0.116. The van der Waals surface area contributed by atoms with Gasteiger partial charge in [-0.05, 0) is 30.3 Å². The van der Waals surface area contributed by atoms with Crippen LogP contribution in [0, 0.1) is 5.82 Å². The molecule has 0 amide bonds. The Morgan fingerprint density at radius 3 is 2.60 bits per heavy atom. The number of benzene rings is 2. The Morgan fingerprint density at radius 1 is 1.15 bits per heavy atom. The molecule has 0 spiro atoms. The largest absolute Gasteiger partial charge is 0.497 e. The number of halogens is 2. The molecule has 2 N–H and O–H groups in total. The van der Waals surface area contributed by atoms with E-state index in [1.807, 2.05) is 0 Å². The predicted molar refractivity (Wildman–Crippen MR) is 76.6 cm³/mol. The number of ether oxygens (including phenoxy) is 2. The predicted octanol–water partition coefficient (Wildman–Crippen LogP) is 3.53. The Balaban J connectivity index is 2.12. The summed E-state index contributed by atoms with van der Waals surface area (Å²) in [6, 6.07) is 9.82. The van der Waals surface area contributed by atoms with Crippen LogP contribution >= 0.6 is 11.6 Å². The van der Waals surface area contributed by atoms with Crippen LogP contribution in [0.15, 0.2) is 36.4 Å². The van der Waals surface area contributed by atoms with Gasteiger partial charge in [0, 0.05) is 28.8 Å². The number of rotatable bonds is 5. The second-order valence-electron chi connectivity index (χ2n) is 4.20. The maximum Gasteiger partial charge on any atom is 0.133 e. The van der Waals surface area contributed by atoms with Crippen molar-refractivity contribution >= 4 is 11.6 Å². The fourth-order valence-electron chi connectivity index (χ4n) is 1.78. The number of nitrogens with two attached hydrogens (primary N) is 1. The van der Waals surface area contributed by atoms with Crippen LogP contribution in [0.4, 0.5) is 4.39 Å². The van der Waals surface area contributed by atoms with Gasteiger partial charge in [0.1, 0.15) is 23.9 Å². The maximum absolute atomic E-state index is 13.8. The zero-order valence-corrected chi connectivity index (χ0v) is 11.8. The third-order valence-corrected chi connectivity index (χ3v) is 3.12. The Hall–Kier alpha value is -1.78. The third-order valence-electron chi connectivity index (χ3n) is 2.89. The van der Waals surface area contributed by atoms with Gasteiger partial charge in [-0.15, -0.1) is 0 Å². The van der Waals surface area contributed by atoms with Gasteiger partial charge >= 0.3 is 0 Å². The van der Waals surface area contributed by atoms with Gasteiger partial charge in [0.05, 0.1) is 7.11 Å². The molecule has 0 unspecified atom stereocenters. The van der Waals surface area contributed by atoms with Gasteiger partial charge in [-0.1, -0.05) is 11.6 Å². The van der Waals surface area contributed by atoms with Gasteiger partial charge in [-0.2, -0.15) is 0 Å². The Labute approximate surface area is 122 Å². The second-order valence-corrected chi connectivity index (χ2v) is 4.64. The van der Waals surface area contributed by atoms with Crippen molar-refractivity contribution < 1.29 is 13.9 Å². The molecule has 5 heteroatoms. The Bertz CT molecular complexity index is 604. The van der Waals surface area contributed by atoms with E-state index in [0.717, 1.165) is 5.56 Å². The van der Waals surface area contributed by atoms with Crippen LogP contribution in [0.1, 0.15) is 11.1 Å². The van der Waals surface area contributed by atoms with E-state index >= 15 is 0 Å². The van der Waals surface area contributed by atoms with Crippen molar-refractivity contribution in [3.63, 3.8) is 0 Å². The number of hydrogen-bond donors (Lipinski definition) is 1. The molecule has 0 saturated heterocycles. The molecule has 0 radical (unpaired) electrons. The second kappa shape index (κ2) is 6.59. The number of methoxy groups -OCH3 is 1. The summed E-state index contributed by atoms with van der Waals surface area (Å²) in [7, 11) is 1.49. The highest BCUT2D eigenvalue weighted by molar-refractivity contribution is 6.30. The van der Waals surface area contributed by atoms with Gasteiger partial charge in [-0.25, -0.2) is 4.39 Å². The summed E-state index contributed by atoms with van der Waals surface area (Å²) in [4.78, 5) is 0. The fraction of sp³-hybridized carbons (Fsp3) is 0.200. The molecule has 0 heterocycles. The smallest absolute Gasteiger partial charge is 0.133 e. The SMILES string of the molecule is COc1ccc(COc2ccc(Cl)cc2CN)c(F)c1. The van der Waals surface area contributed by atoms with Crippen molar-refractivity contribution in [2.45, 2.75) is 13.2 Å². The molecule has 0 aromatic heterocycles. The van der Waals surface area contributed by atoms with E-state index in [1.54, 1.807) is 30.3 Å². The van der Waals surface area contributed by atoms with E-state index in [-0.39, 0.29) is 12.4 Å². The molecule has 0 bridgehead atoms. The summed E-state index contributed by atoms with van der Waals surface area (Å²) in [5.74, 6) is 0.708. The van der Waals surface area contributed by atoms with E-state index in [4.69, 9.17) is 26.8 Å². The highest BCUT2D eigenvalue weighted by Gasteiger charge is 2.07. The molecule has 3 nitrogen and oxygen atoms in total. The van der Waals surface area contributed by atoms with Crippen LogP contribution in [-0.2, 0) is 13.2 Å². The lowest BCUT2D eigenvalue weighted by Gasteiger charge is -2.11. The lowest BCUT2D eigenvalue weighted by atomic mass is 10.2. The van der Waals surface area contributed by atoms with Crippen LogP contribution in [0.3, 0.4) is 0 Å². The van der Waals surface area contributed by atoms with Crippen molar-refractivity contribution in [2.24, 2.45) is 5.73 Å². The molecule has 0 aliphatic carbocycles. The van der Waals surface area contributed by atoms with Crippen molar-refractivity contribution in [3.8, 4) is 11.5 Å². The van der Waals surface area contributed by atoms with Crippen molar-refractivity contribution in [1.82, 2.24) is 0 Å². The van der Waals surface area contributed by atoms with E-state index < -0.39 is 0 Å².